The van der Waals surface area contributed by atoms with Gasteiger partial charge in [-0.25, -0.2) is 0 Å². The first-order chi connectivity index (χ1) is 7.20. The maximum Gasteiger partial charge on any atom is 0.264 e. The van der Waals surface area contributed by atoms with Gasteiger partial charge in [-0.2, -0.15) is 0 Å². The summed E-state index contributed by atoms with van der Waals surface area (Å²) in [5, 5.41) is 4.60. The average Bonchev–Trinajstić information content (AvgIpc) is 2.74. The van der Waals surface area contributed by atoms with Crippen molar-refractivity contribution in [1.82, 2.24) is 10.2 Å². The largest absolute Gasteiger partial charge is 0.353 e. The zero-order chi connectivity index (χ0) is 10.8. The molecule has 15 heavy (non-hydrogen) atoms. The molecule has 0 spiro atoms. The van der Waals surface area contributed by atoms with Crippen LogP contribution in [0.2, 0.25) is 0 Å². The summed E-state index contributed by atoms with van der Waals surface area (Å²) in [6, 6.07) is 3.26. The number of nitrogens with one attached hydrogen (secondary N) is 1. The number of piperazine rings is 1. The molecule has 2 amide bonds. The van der Waals surface area contributed by atoms with Crippen molar-refractivity contribution in [3.05, 3.63) is 22.4 Å². The van der Waals surface area contributed by atoms with E-state index >= 15 is 0 Å². The summed E-state index contributed by atoms with van der Waals surface area (Å²) < 4.78 is 0. The Bertz CT molecular complexity index is 375. The van der Waals surface area contributed by atoms with E-state index in [1.165, 1.54) is 11.3 Å². The molecule has 0 radical (unpaired) electrons. The summed E-state index contributed by atoms with van der Waals surface area (Å²) in [7, 11) is 0. The van der Waals surface area contributed by atoms with E-state index in [2.05, 4.69) is 5.32 Å². The summed E-state index contributed by atoms with van der Waals surface area (Å²) >= 11 is 1.41. The van der Waals surface area contributed by atoms with E-state index in [-0.39, 0.29) is 17.9 Å². The van der Waals surface area contributed by atoms with Gasteiger partial charge in [0.1, 0.15) is 6.04 Å². The van der Waals surface area contributed by atoms with Crippen molar-refractivity contribution in [2.24, 2.45) is 0 Å². The summed E-state index contributed by atoms with van der Waals surface area (Å²) in [4.78, 5) is 25.7. The van der Waals surface area contributed by atoms with Gasteiger partial charge in [0.05, 0.1) is 4.88 Å². The van der Waals surface area contributed by atoms with Gasteiger partial charge in [0.25, 0.3) is 5.91 Å². The highest BCUT2D eigenvalue weighted by molar-refractivity contribution is 7.12. The lowest BCUT2D eigenvalue weighted by Gasteiger charge is -2.32. The maximum absolute atomic E-state index is 12.0. The van der Waals surface area contributed by atoms with Crippen LogP contribution in [0.5, 0.6) is 0 Å². The van der Waals surface area contributed by atoms with Gasteiger partial charge in [0.15, 0.2) is 0 Å². The molecule has 1 fully saturated rings. The Kier molecular flexibility index (Phi) is 2.73. The van der Waals surface area contributed by atoms with Crippen molar-refractivity contribution in [3.63, 3.8) is 0 Å². The van der Waals surface area contributed by atoms with E-state index in [1.54, 1.807) is 17.9 Å². The van der Waals surface area contributed by atoms with Crippen LogP contribution in [-0.4, -0.2) is 35.8 Å². The van der Waals surface area contributed by atoms with E-state index in [1.807, 2.05) is 11.4 Å². The molecule has 2 rings (SSSR count). The minimum absolute atomic E-state index is 0.0487. The van der Waals surface area contributed by atoms with Crippen LogP contribution in [-0.2, 0) is 4.79 Å². The van der Waals surface area contributed by atoms with Crippen LogP contribution in [0.25, 0.3) is 0 Å². The Hall–Kier alpha value is -1.36. The fraction of sp³-hybridized carbons (Fsp3) is 0.400. The molecule has 1 unspecified atom stereocenters. The predicted octanol–water partition coefficient (Wildman–Crippen LogP) is 0.709. The maximum atomic E-state index is 12.0. The summed E-state index contributed by atoms with van der Waals surface area (Å²) in [5.74, 6) is -0.126. The first-order valence-corrected chi connectivity index (χ1v) is 5.70. The van der Waals surface area contributed by atoms with Crippen molar-refractivity contribution < 1.29 is 9.59 Å². The van der Waals surface area contributed by atoms with Gasteiger partial charge in [-0.1, -0.05) is 6.07 Å². The molecule has 80 valence electrons. The SMILES string of the molecule is CC1C(=O)NCCN1C(=O)c1cccs1. The third kappa shape index (κ3) is 1.87. The predicted molar refractivity (Wildman–Crippen MR) is 57.8 cm³/mol. The van der Waals surface area contributed by atoms with Gasteiger partial charge in [-0.3, -0.25) is 9.59 Å². The summed E-state index contributed by atoms with van der Waals surface area (Å²) in [6.45, 7) is 2.88. The number of nitrogens with zero attached hydrogens (tertiary/aromatic N) is 1. The number of hydrogen-bond acceptors (Lipinski definition) is 3. The van der Waals surface area contributed by atoms with Crippen LogP contribution >= 0.6 is 11.3 Å². The third-order valence-electron chi connectivity index (χ3n) is 2.49. The summed E-state index contributed by atoms with van der Waals surface area (Å²) in [6.07, 6.45) is 0. The molecule has 0 aromatic carbocycles. The van der Waals surface area contributed by atoms with Gasteiger partial charge in [-0.05, 0) is 18.4 Å². The lowest BCUT2D eigenvalue weighted by molar-refractivity contribution is -0.127. The van der Waals surface area contributed by atoms with Crippen LogP contribution in [0.15, 0.2) is 17.5 Å². The number of rotatable bonds is 1. The van der Waals surface area contributed by atoms with Crippen molar-refractivity contribution in [2.75, 3.05) is 13.1 Å². The van der Waals surface area contributed by atoms with Crippen LogP contribution in [0.3, 0.4) is 0 Å². The van der Waals surface area contributed by atoms with Crippen LogP contribution in [0.4, 0.5) is 0 Å². The second kappa shape index (κ2) is 4.02. The molecule has 1 aromatic rings. The molecule has 1 aliphatic rings. The number of thiophene rings is 1. The van der Waals surface area contributed by atoms with E-state index < -0.39 is 0 Å². The fourth-order valence-electron chi connectivity index (χ4n) is 1.60. The molecule has 0 saturated carbocycles. The van der Waals surface area contributed by atoms with Gasteiger partial charge in [0, 0.05) is 13.1 Å². The number of carbonyl (C=O) groups excluding carboxylic acids is 2. The Morgan fingerprint density at radius 1 is 1.67 bits per heavy atom. The van der Waals surface area contributed by atoms with Crippen molar-refractivity contribution in [3.8, 4) is 0 Å². The van der Waals surface area contributed by atoms with Gasteiger partial charge < -0.3 is 10.2 Å². The molecule has 5 heteroatoms. The quantitative estimate of drug-likeness (QED) is 0.763. The number of amides is 2. The Labute approximate surface area is 91.9 Å². The Balaban J connectivity index is 2.16. The molecule has 1 saturated heterocycles. The van der Waals surface area contributed by atoms with Crippen molar-refractivity contribution in [1.29, 1.82) is 0 Å². The number of hydrogen-bond donors (Lipinski definition) is 1. The first-order valence-electron chi connectivity index (χ1n) is 4.82. The topological polar surface area (TPSA) is 49.4 Å². The molecule has 1 atom stereocenters. The highest BCUT2D eigenvalue weighted by Crippen LogP contribution is 2.15. The minimum atomic E-state index is -0.367. The van der Waals surface area contributed by atoms with Crippen molar-refractivity contribution in [2.45, 2.75) is 13.0 Å². The molecule has 4 nitrogen and oxygen atoms in total. The van der Waals surface area contributed by atoms with Gasteiger partial charge in [0.2, 0.25) is 5.91 Å². The lowest BCUT2D eigenvalue weighted by atomic mass is 10.2. The molecule has 0 aliphatic carbocycles. The Morgan fingerprint density at radius 3 is 3.13 bits per heavy atom. The second-order valence-electron chi connectivity index (χ2n) is 3.44. The van der Waals surface area contributed by atoms with Crippen molar-refractivity contribution >= 4 is 23.2 Å². The minimum Gasteiger partial charge on any atom is -0.353 e. The second-order valence-corrected chi connectivity index (χ2v) is 4.39. The molecular weight excluding hydrogens is 212 g/mol. The smallest absolute Gasteiger partial charge is 0.264 e. The van der Waals surface area contributed by atoms with Gasteiger partial charge in [-0.15, -0.1) is 11.3 Å². The van der Waals surface area contributed by atoms with Gasteiger partial charge >= 0.3 is 0 Å². The molecule has 1 aliphatic heterocycles. The molecule has 2 heterocycles. The Morgan fingerprint density at radius 2 is 2.47 bits per heavy atom. The van der Waals surface area contributed by atoms with Crippen LogP contribution < -0.4 is 5.32 Å². The zero-order valence-electron chi connectivity index (χ0n) is 8.40. The van der Waals surface area contributed by atoms with E-state index in [0.29, 0.717) is 18.0 Å². The standard InChI is InChI=1S/C10H12N2O2S/c1-7-9(13)11-4-5-12(7)10(14)8-3-2-6-15-8/h2-3,6-7H,4-5H2,1H3,(H,11,13). The normalized spacial score (nSPS) is 21.3. The first kappa shape index (κ1) is 10.2. The van der Waals surface area contributed by atoms with E-state index in [4.69, 9.17) is 0 Å². The molecule has 1 aromatic heterocycles. The summed E-state index contributed by atoms with van der Waals surface area (Å²) in [5.41, 5.74) is 0. The molecule has 1 N–H and O–H groups in total. The molecular formula is C10H12N2O2S. The average molecular weight is 224 g/mol. The highest BCUT2D eigenvalue weighted by atomic mass is 32.1. The van der Waals surface area contributed by atoms with E-state index in [9.17, 15) is 9.59 Å². The fourth-order valence-corrected chi connectivity index (χ4v) is 2.28. The lowest BCUT2D eigenvalue weighted by Crippen LogP contribution is -2.55. The highest BCUT2D eigenvalue weighted by Gasteiger charge is 2.29. The van der Waals surface area contributed by atoms with E-state index in [0.717, 1.165) is 0 Å². The third-order valence-corrected chi connectivity index (χ3v) is 3.35. The monoisotopic (exact) mass is 224 g/mol. The molecule has 0 bridgehead atoms. The van der Waals surface area contributed by atoms with Crippen LogP contribution in [0, 0.1) is 0 Å². The van der Waals surface area contributed by atoms with Crippen LogP contribution in [0.1, 0.15) is 16.6 Å². The zero-order valence-corrected chi connectivity index (χ0v) is 9.21. The number of carbonyl (C=O) groups is 2.